The molecule has 0 aromatic carbocycles. The molecule has 0 saturated heterocycles. The highest BCUT2D eigenvalue weighted by Crippen LogP contribution is 2.41. The van der Waals surface area contributed by atoms with Crippen LogP contribution < -0.4 is 0 Å². The van der Waals surface area contributed by atoms with Gasteiger partial charge in [-0.05, 0) is 38.0 Å². The SMILES string of the molecule is CC1CCCC(c2nc3c(s2)C(O)CCC3)C1. The lowest BCUT2D eigenvalue weighted by Gasteiger charge is -2.24. The summed E-state index contributed by atoms with van der Waals surface area (Å²) in [6.45, 7) is 2.36. The molecule has 2 nitrogen and oxygen atoms in total. The molecular formula is C14H21NOS. The van der Waals surface area contributed by atoms with Crippen molar-refractivity contribution in [3.05, 3.63) is 15.6 Å². The fourth-order valence-electron chi connectivity index (χ4n) is 3.25. The fraction of sp³-hybridized carbons (Fsp3) is 0.786. The molecule has 3 atom stereocenters. The van der Waals surface area contributed by atoms with Gasteiger partial charge < -0.3 is 5.11 Å². The van der Waals surface area contributed by atoms with E-state index in [0.29, 0.717) is 5.92 Å². The Bertz CT molecular complexity index is 401. The van der Waals surface area contributed by atoms with E-state index >= 15 is 0 Å². The van der Waals surface area contributed by atoms with Gasteiger partial charge in [0.25, 0.3) is 0 Å². The van der Waals surface area contributed by atoms with Gasteiger partial charge in [-0.1, -0.05) is 19.8 Å². The number of hydrogen-bond acceptors (Lipinski definition) is 3. The summed E-state index contributed by atoms with van der Waals surface area (Å²) in [6, 6.07) is 0. The number of hydrogen-bond donors (Lipinski definition) is 1. The normalized spacial score (nSPS) is 33.4. The van der Waals surface area contributed by atoms with Crippen LogP contribution in [0.15, 0.2) is 0 Å². The van der Waals surface area contributed by atoms with Crippen LogP contribution in [-0.4, -0.2) is 10.1 Å². The minimum atomic E-state index is -0.231. The molecule has 1 fully saturated rings. The number of nitrogens with zero attached hydrogens (tertiary/aromatic N) is 1. The van der Waals surface area contributed by atoms with Crippen molar-refractivity contribution in [1.82, 2.24) is 4.98 Å². The molecule has 1 aromatic heterocycles. The van der Waals surface area contributed by atoms with Crippen molar-refractivity contribution in [1.29, 1.82) is 0 Å². The third kappa shape index (κ3) is 2.27. The van der Waals surface area contributed by atoms with Crippen LogP contribution in [0, 0.1) is 5.92 Å². The molecule has 2 aliphatic carbocycles. The summed E-state index contributed by atoms with van der Waals surface area (Å²) in [6.07, 6.45) is 8.18. The van der Waals surface area contributed by atoms with Crippen LogP contribution in [0.25, 0.3) is 0 Å². The molecule has 0 bridgehead atoms. The maximum absolute atomic E-state index is 10.00. The highest BCUT2D eigenvalue weighted by atomic mass is 32.1. The zero-order valence-electron chi connectivity index (χ0n) is 10.5. The Hall–Kier alpha value is -0.410. The number of aliphatic hydroxyl groups excluding tert-OH is 1. The van der Waals surface area contributed by atoms with Crippen LogP contribution in [0.3, 0.4) is 0 Å². The van der Waals surface area contributed by atoms with Gasteiger partial charge in [0.05, 0.1) is 21.7 Å². The Balaban J connectivity index is 1.83. The van der Waals surface area contributed by atoms with Crippen LogP contribution in [0.5, 0.6) is 0 Å². The number of aliphatic hydroxyl groups is 1. The van der Waals surface area contributed by atoms with Gasteiger partial charge in [-0.3, -0.25) is 0 Å². The minimum absolute atomic E-state index is 0.231. The van der Waals surface area contributed by atoms with Crippen LogP contribution in [-0.2, 0) is 6.42 Å². The van der Waals surface area contributed by atoms with Crippen molar-refractivity contribution >= 4 is 11.3 Å². The van der Waals surface area contributed by atoms with Crippen molar-refractivity contribution in [3.8, 4) is 0 Å². The average molecular weight is 251 g/mol. The van der Waals surface area contributed by atoms with Gasteiger partial charge in [-0.15, -0.1) is 11.3 Å². The number of aromatic nitrogens is 1. The quantitative estimate of drug-likeness (QED) is 0.823. The number of thiazole rings is 1. The zero-order chi connectivity index (χ0) is 11.8. The predicted molar refractivity (Wildman–Crippen MR) is 70.4 cm³/mol. The molecule has 0 radical (unpaired) electrons. The zero-order valence-corrected chi connectivity index (χ0v) is 11.3. The third-order valence-electron chi connectivity index (χ3n) is 4.22. The van der Waals surface area contributed by atoms with Gasteiger partial charge in [0.1, 0.15) is 0 Å². The van der Waals surface area contributed by atoms with E-state index in [2.05, 4.69) is 6.92 Å². The Labute approximate surface area is 107 Å². The van der Waals surface area contributed by atoms with Crippen molar-refractivity contribution in [2.24, 2.45) is 5.92 Å². The second-order valence-corrected chi connectivity index (χ2v) is 6.80. The second-order valence-electron chi connectivity index (χ2n) is 5.74. The average Bonchev–Trinajstić information content (AvgIpc) is 2.74. The van der Waals surface area contributed by atoms with Gasteiger partial charge in [-0.2, -0.15) is 0 Å². The monoisotopic (exact) mass is 251 g/mol. The first-order valence-electron chi connectivity index (χ1n) is 6.91. The number of rotatable bonds is 1. The van der Waals surface area contributed by atoms with Gasteiger partial charge in [-0.25, -0.2) is 4.98 Å². The first-order valence-corrected chi connectivity index (χ1v) is 7.73. The molecule has 0 aliphatic heterocycles. The standard InChI is InChI=1S/C14H21NOS/c1-9-4-2-5-10(8-9)14-15-11-6-3-7-12(16)13(11)17-14/h9-10,12,16H,2-8H2,1H3. The summed E-state index contributed by atoms with van der Waals surface area (Å²) >= 11 is 1.79. The summed E-state index contributed by atoms with van der Waals surface area (Å²) in [7, 11) is 0. The van der Waals surface area contributed by atoms with Gasteiger partial charge in [0.2, 0.25) is 0 Å². The molecule has 0 amide bonds. The Kier molecular flexibility index (Phi) is 3.22. The topological polar surface area (TPSA) is 33.1 Å². The summed E-state index contributed by atoms with van der Waals surface area (Å²) in [5.74, 6) is 1.51. The van der Waals surface area contributed by atoms with E-state index in [0.717, 1.165) is 25.2 Å². The van der Waals surface area contributed by atoms with E-state index in [9.17, 15) is 5.11 Å². The summed E-state index contributed by atoms with van der Waals surface area (Å²) < 4.78 is 0. The van der Waals surface area contributed by atoms with Gasteiger partial charge >= 0.3 is 0 Å². The molecule has 1 aromatic rings. The number of aryl methyl sites for hydroxylation is 1. The van der Waals surface area contributed by atoms with Crippen molar-refractivity contribution in [3.63, 3.8) is 0 Å². The van der Waals surface area contributed by atoms with Crippen molar-refractivity contribution < 1.29 is 5.11 Å². The lowest BCUT2D eigenvalue weighted by Crippen LogP contribution is -2.11. The highest BCUT2D eigenvalue weighted by Gasteiger charge is 2.28. The van der Waals surface area contributed by atoms with E-state index in [4.69, 9.17) is 4.98 Å². The summed E-state index contributed by atoms with van der Waals surface area (Å²) in [5.41, 5.74) is 1.20. The van der Waals surface area contributed by atoms with E-state index in [1.54, 1.807) is 11.3 Å². The fourth-order valence-corrected chi connectivity index (χ4v) is 4.53. The van der Waals surface area contributed by atoms with Crippen LogP contribution in [0.1, 0.15) is 73.0 Å². The maximum Gasteiger partial charge on any atom is 0.0963 e. The molecule has 1 N–H and O–H groups in total. The maximum atomic E-state index is 10.00. The third-order valence-corrected chi connectivity index (χ3v) is 5.58. The van der Waals surface area contributed by atoms with Crippen molar-refractivity contribution in [2.75, 3.05) is 0 Å². The van der Waals surface area contributed by atoms with E-state index in [-0.39, 0.29) is 6.10 Å². The largest absolute Gasteiger partial charge is 0.388 e. The molecule has 2 aliphatic rings. The molecule has 1 saturated carbocycles. The Morgan fingerprint density at radius 3 is 2.88 bits per heavy atom. The lowest BCUT2D eigenvalue weighted by molar-refractivity contribution is 0.160. The smallest absolute Gasteiger partial charge is 0.0963 e. The molecule has 3 rings (SSSR count). The molecular weight excluding hydrogens is 230 g/mol. The Morgan fingerprint density at radius 2 is 2.12 bits per heavy atom. The summed E-state index contributed by atoms with van der Waals surface area (Å²) in [5, 5.41) is 11.3. The highest BCUT2D eigenvalue weighted by molar-refractivity contribution is 7.11. The van der Waals surface area contributed by atoms with Gasteiger partial charge in [0, 0.05) is 5.92 Å². The first kappa shape index (κ1) is 11.7. The van der Waals surface area contributed by atoms with E-state index in [1.807, 2.05) is 0 Å². The van der Waals surface area contributed by atoms with Crippen LogP contribution >= 0.6 is 11.3 Å². The molecule has 94 valence electrons. The Morgan fingerprint density at radius 1 is 1.24 bits per heavy atom. The van der Waals surface area contributed by atoms with Crippen molar-refractivity contribution in [2.45, 2.75) is 63.9 Å². The number of fused-ring (bicyclic) bond motifs is 1. The van der Waals surface area contributed by atoms with E-state index in [1.165, 1.54) is 41.3 Å². The lowest BCUT2D eigenvalue weighted by atomic mass is 9.83. The second kappa shape index (κ2) is 4.69. The van der Waals surface area contributed by atoms with Crippen LogP contribution in [0.4, 0.5) is 0 Å². The first-order chi connectivity index (χ1) is 8.24. The molecule has 3 unspecified atom stereocenters. The molecule has 0 spiro atoms. The van der Waals surface area contributed by atoms with Gasteiger partial charge in [0.15, 0.2) is 0 Å². The van der Waals surface area contributed by atoms with E-state index < -0.39 is 0 Å². The summed E-state index contributed by atoms with van der Waals surface area (Å²) in [4.78, 5) is 5.99. The molecule has 17 heavy (non-hydrogen) atoms. The molecule has 3 heteroatoms. The minimum Gasteiger partial charge on any atom is -0.388 e. The van der Waals surface area contributed by atoms with Crippen LogP contribution in [0.2, 0.25) is 0 Å². The molecule has 1 heterocycles. The predicted octanol–water partition coefficient (Wildman–Crippen LogP) is 3.81.